The summed E-state index contributed by atoms with van der Waals surface area (Å²) < 4.78 is 31.4. The first kappa shape index (κ1) is 20.3. The van der Waals surface area contributed by atoms with Gasteiger partial charge in [0.15, 0.2) is 0 Å². The normalized spacial score (nSPS) is 11.1. The summed E-state index contributed by atoms with van der Waals surface area (Å²) in [5, 5.41) is 9.50. The maximum atomic E-state index is 12.6. The summed E-state index contributed by atoms with van der Waals surface area (Å²) >= 11 is 7.43. The number of nitrogens with one attached hydrogen (secondary N) is 1. The lowest BCUT2D eigenvalue weighted by molar-refractivity contribution is -0.0493. The number of nitrogens with zero attached hydrogens (tertiary/aromatic N) is 2. The van der Waals surface area contributed by atoms with Crippen LogP contribution in [0.4, 0.5) is 14.5 Å². The predicted molar refractivity (Wildman–Crippen MR) is 106 cm³/mol. The Balaban J connectivity index is 1.76. The third kappa shape index (κ3) is 4.51. The molecule has 5 nitrogen and oxygen atoms in total. The summed E-state index contributed by atoms with van der Waals surface area (Å²) in [4.78, 5) is 13.0. The molecule has 0 aliphatic rings. The molecular formula is C19H18ClF2N3O2S. The molecule has 1 aromatic carbocycles. The van der Waals surface area contributed by atoms with Crippen LogP contribution in [0.2, 0.25) is 5.02 Å². The molecule has 0 aliphatic heterocycles. The molecule has 1 N–H and O–H groups in total. The highest BCUT2D eigenvalue weighted by Crippen LogP contribution is 2.29. The number of carbonyl (C=O) groups is 1. The van der Waals surface area contributed by atoms with Gasteiger partial charge in [0.05, 0.1) is 33.5 Å². The lowest BCUT2D eigenvalue weighted by Gasteiger charge is -2.12. The predicted octanol–water partition coefficient (Wildman–Crippen LogP) is 5.43. The first-order chi connectivity index (χ1) is 13.2. The van der Waals surface area contributed by atoms with Gasteiger partial charge in [-0.1, -0.05) is 17.7 Å². The van der Waals surface area contributed by atoms with Crippen molar-refractivity contribution < 1.29 is 18.3 Å². The summed E-state index contributed by atoms with van der Waals surface area (Å²) in [5.41, 5.74) is 3.50. The van der Waals surface area contributed by atoms with E-state index >= 15 is 0 Å². The van der Waals surface area contributed by atoms with Crippen molar-refractivity contribution >= 4 is 34.5 Å². The van der Waals surface area contributed by atoms with Crippen molar-refractivity contribution in [2.24, 2.45) is 0 Å². The minimum absolute atomic E-state index is 0.0805. The van der Waals surface area contributed by atoms with Crippen molar-refractivity contribution in [1.82, 2.24) is 9.78 Å². The van der Waals surface area contributed by atoms with E-state index in [1.165, 1.54) is 17.4 Å². The van der Waals surface area contributed by atoms with Gasteiger partial charge in [0.2, 0.25) is 0 Å². The lowest BCUT2D eigenvalue weighted by Crippen LogP contribution is -2.13. The number of aryl methyl sites for hydroxylation is 2. The molecule has 0 fully saturated rings. The van der Waals surface area contributed by atoms with Crippen LogP contribution in [0.1, 0.15) is 32.2 Å². The smallest absolute Gasteiger partial charge is 0.387 e. The van der Waals surface area contributed by atoms with Crippen molar-refractivity contribution in [2.75, 3.05) is 5.32 Å². The van der Waals surface area contributed by atoms with E-state index in [-0.39, 0.29) is 11.4 Å². The standard InChI is InChI=1S/C19H18ClF2N3O2S/c1-10-4-5-15(27-19(21)22)14(6-10)23-18(26)16-7-13(9-28-16)8-25-12(3)17(20)11(2)24-25/h4-7,9,19H,8H2,1-3H3,(H,23,26). The molecule has 0 aliphatic carbocycles. The molecule has 0 atom stereocenters. The zero-order valence-corrected chi connectivity index (χ0v) is 17.0. The van der Waals surface area contributed by atoms with E-state index in [2.05, 4.69) is 15.2 Å². The van der Waals surface area contributed by atoms with Crippen LogP contribution in [-0.4, -0.2) is 22.3 Å². The van der Waals surface area contributed by atoms with Crippen molar-refractivity contribution in [1.29, 1.82) is 0 Å². The Bertz CT molecular complexity index is 1020. The second-order valence-electron chi connectivity index (χ2n) is 6.29. The quantitative estimate of drug-likeness (QED) is 0.573. The number of carbonyl (C=O) groups excluding carboxylic acids is 1. The van der Waals surface area contributed by atoms with Crippen LogP contribution < -0.4 is 10.1 Å². The summed E-state index contributed by atoms with van der Waals surface area (Å²) in [7, 11) is 0. The Morgan fingerprint density at radius 2 is 2.07 bits per heavy atom. The minimum Gasteiger partial charge on any atom is -0.433 e. The van der Waals surface area contributed by atoms with Crippen molar-refractivity contribution in [2.45, 2.75) is 33.9 Å². The van der Waals surface area contributed by atoms with E-state index in [9.17, 15) is 13.6 Å². The molecule has 148 valence electrons. The van der Waals surface area contributed by atoms with Crippen LogP contribution in [0.25, 0.3) is 0 Å². The van der Waals surface area contributed by atoms with Gasteiger partial charge in [0.1, 0.15) is 5.75 Å². The highest BCUT2D eigenvalue weighted by atomic mass is 35.5. The number of anilines is 1. The summed E-state index contributed by atoms with van der Waals surface area (Å²) in [5.74, 6) is -0.477. The number of benzene rings is 1. The molecule has 0 saturated heterocycles. The van der Waals surface area contributed by atoms with E-state index in [0.717, 1.165) is 22.5 Å². The molecule has 3 rings (SSSR count). The van der Waals surface area contributed by atoms with Crippen LogP contribution in [0.5, 0.6) is 5.75 Å². The number of hydrogen-bond donors (Lipinski definition) is 1. The minimum atomic E-state index is -2.97. The van der Waals surface area contributed by atoms with Gasteiger partial charge >= 0.3 is 6.61 Å². The van der Waals surface area contributed by atoms with Gasteiger partial charge < -0.3 is 10.1 Å². The average molecular weight is 426 g/mol. The molecule has 0 bridgehead atoms. The van der Waals surface area contributed by atoms with Gasteiger partial charge in [-0.2, -0.15) is 13.9 Å². The maximum Gasteiger partial charge on any atom is 0.387 e. The number of halogens is 3. The number of thiophene rings is 1. The third-order valence-electron chi connectivity index (χ3n) is 4.10. The molecule has 0 spiro atoms. The monoisotopic (exact) mass is 425 g/mol. The van der Waals surface area contributed by atoms with Crippen LogP contribution in [0.15, 0.2) is 29.6 Å². The fourth-order valence-corrected chi connectivity index (χ4v) is 3.64. The SMILES string of the molecule is Cc1ccc(OC(F)F)c(NC(=O)c2cc(Cn3nc(C)c(Cl)c3C)cs2)c1. The number of hydrogen-bond acceptors (Lipinski definition) is 4. The fraction of sp³-hybridized carbons (Fsp3) is 0.263. The molecule has 0 unspecified atom stereocenters. The van der Waals surface area contributed by atoms with Gasteiger partial charge in [-0.3, -0.25) is 9.48 Å². The highest BCUT2D eigenvalue weighted by molar-refractivity contribution is 7.12. The van der Waals surface area contributed by atoms with Crippen molar-refractivity contribution in [3.63, 3.8) is 0 Å². The molecule has 1 amide bonds. The Kier molecular flexibility index (Phi) is 6.00. The van der Waals surface area contributed by atoms with E-state index < -0.39 is 12.5 Å². The molecule has 2 aromatic heterocycles. The Morgan fingerprint density at radius 1 is 1.32 bits per heavy atom. The van der Waals surface area contributed by atoms with Crippen molar-refractivity contribution in [3.8, 4) is 5.75 Å². The third-order valence-corrected chi connectivity index (χ3v) is 5.63. The highest BCUT2D eigenvalue weighted by Gasteiger charge is 2.16. The second-order valence-corrected chi connectivity index (χ2v) is 7.58. The molecule has 0 radical (unpaired) electrons. The number of alkyl halides is 2. The first-order valence-corrected chi connectivity index (χ1v) is 9.64. The zero-order valence-electron chi connectivity index (χ0n) is 15.4. The van der Waals surface area contributed by atoms with E-state index in [0.29, 0.717) is 16.4 Å². The van der Waals surface area contributed by atoms with Crippen LogP contribution in [0, 0.1) is 20.8 Å². The van der Waals surface area contributed by atoms with Gasteiger partial charge in [-0.25, -0.2) is 0 Å². The molecule has 0 saturated carbocycles. The lowest BCUT2D eigenvalue weighted by atomic mass is 10.2. The van der Waals surface area contributed by atoms with Crippen LogP contribution in [0.3, 0.4) is 0 Å². The molecule has 3 aromatic rings. The second kappa shape index (κ2) is 8.28. The van der Waals surface area contributed by atoms with Gasteiger partial charge in [-0.05, 0) is 55.5 Å². The van der Waals surface area contributed by atoms with E-state index in [1.54, 1.807) is 29.8 Å². The molecule has 9 heteroatoms. The van der Waals surface area contributed by atoms with Crippen LogP contribution in [-0.2, 0) is 6.54 Å². The first-order valence-electron chi connectivity index (χ1n) is 8.38. The van der Waals surface area contributed by atoms with Gasteiger partial charge in [0, 0.05) is 0 Å². The molecular weight excluding hydrogens is 408 g/mol. The number of amides is 1. The van der Waals surface area contributed by atoms with Crippen molar-refractivity contribution in [3.05, 3.63) is 62.1 Å². The maximum absolute atomic E-state index is 12.6. The van der Waals surface area contributed by atoms with E-state index in [4.69, 9.17) is 11.6 Å². The average Bonchev–Trinajstić information content (AvgIpc) is 3.18. The number of ether oxygens (including phenoxy) is 1. The Labute approximate surface area is 169 Å². The largest absolute Gasteiger partial charge is 0.433 e. The summed E-state index contributed by atoms with van der Waals surface area (Å²) in [6, 6.07) is 6.37. The zero-order chi connectivity index (χ0) is 20.4. The number of aromatic nitrogens is 2. The molecule has 28 heavy (non-hydrogen) atoms. The Hall–Kier alpha value is -2.45. The Morgan fingerprint density at radius 3 is 2.71 bits per heavy atom. The van der Waals surface area contributed by atoms with Crippen LogP contribution >= 0.6 is 22.9 Å². The summed E-state index contributed by atoms with van der Waals surface area (Å²) in [6.07, 6.45) is 0. The van der Waals surface area contributed by atoms with Gasteiger partial charge in [0.25, 0.3) is 5.91 Å². The fourth-order valence-electron chi connectivity index (χ4n) is 2.70. The number of rotatable bonds is 6. The van der Waals surface area contributed by atoms with E-state index in [1.807, 2.05) is 19.2 Å². The molecule has 2 heterocycles. The van der Waals surface area contributed by atoms with Gasteiger partial charge in [-0.15, -0.1) is 11.3 Å². The summed E-state index contributed by atoms with van der Waals surface area (Å²) in [6.45, 7) is 3.01. The topological polar surface area (TPSA) is 56.1 Å².